The zero-order chi connectivity index (χ0) is 12.3. The van der Waals surface area contributed by atoms with E-state index in [9.17, 15) is 4.79 Å². The van der Waals surface area contributed by atoms with Crippen molar-refractivity contribution in [3.05, 3.63) is 30.0 Å². The zero-order valence-corrected chi connectivity index (χ0v) is 9.73. The number of hydrogen-bond acceptors (Lipinski definition) is 3. The topological polar surface area (TPSA) is 83.8 Å². The highest BCUT2D eigenvalue weighted by molar-refractivity contribution is 5.97. The van der Waals surface area contributed by atoms with Crippen LogP contribution in [0, 0.1) is 0 Å². The maximum absolute atomic E-state index is 11.8. The van der Waals surface area contributed by atoms with Crippen LogP contribution in [-0.2, 0) is 0 Å². The fraction of sp³-hybridized carbons (Fsp3) is 0.333. The molecule has 90 valence electrons. The van der Waals surface area contributed by atoms with Crippen molar-refractivity contribution in [3.63, 3.8) is 0 Å². The van der Waals surface area contributed by atoms with E-state index in [2.05, 4.69) is 15.5 Å². The van der Waals surface area contributed by atoms with Crippen LogP contribution in [0.4, 0.5) is 0 Å². The quantitative estimate of drug-likeness (QED) is 0.736. The average molecular weight is 232 g/mol. The maximum atomic E-state index is 11.8. The number of aromatic amines is 1. The Morgan fingerprint density at radius 1 is 1.59 bits per heavy atom. The number of carbonyl (C=O) groups excluding carboxylic acids is 1. The molecule has 1 aromatic heterocycles. The third-order valence-electron chi connectivity index (χ3n) is 2.59. The summed E-state index contributed by atoms with van der Waals surface area (Å²) >= 11 is 0. The predicted molar refractivity (Wildman–Crippen MR) is 66.7 cm³/mol. The van der Waals surface area contributed by atoms with E-state index in [4.69, 9.17) is 5.73 Å². The molecule has 0 bridgehead atoms. The molecule has 0 radical (unpaired) electrons. The van der Waals surface area contributed by atoms with Crippen LogP contribution < -0.4 is 11.1 Å². The van der Waals surface area contributed by atoms with Crippen LogP contribution in [0.1, 0.15) is 23.7 Å². The first kappa shape index (κ1) is 11.6. The number of nitrogens with two attached hydrogens (primary N) is 1. The summed E-state index contributed by atoms with van der Waals surface area (Å²) in [6, 6.07) is 5.56. The van der Waals surface area contributed by atoms with Crippen molar-refractivity contribution in [1.29, 1.82) is 0 Å². The fourth-order valence-electron chi connectivity index (χ4n) is 1.59. The molecule has 1 atom stereocenters. The van der Waals surface area contributed by atoms with Crippen LogP contribution in [0.25, 0.3) is 10.9 Å². The monoisotopic (exact) mass is 232 g/mol. The first-order valence-electron chi connectivity index (χ1n) is 5.64. The normalized spacial score (nSPS) is 12.6. The fourth-order valence-corrected chi connectivity index (χ4v) is 1.59. The minimum Gasteiger partial charge on any atom is -0.352 e. The number of nitrogens with one attached hydrogen (secondary N) is 2. The summed E-state index contributed by atoms with van der Waals surface area (Å²) < 4.78 is 0. The van der Waals surface area contributed by atoms with Crippen LogP contribution in [0.2, 0.25) is 0 Å². The van der Waals surface area contributed by atoms with Gasteiger partial charge in [0.15, 0.2) is 0 Å². The molecular formula is C12H16N4O. The van der Waals surface area contributed by atoms with E-state index in [0.717, 1.165) is 17.3 Å². The second-order valence-electron chi connectivity index (χ2n) is 4.19. The molecule has 0 fully saturated rings. The first-order chi connectivity index (χ1) is 8.16. The molecule has 2 rings (SSSR count). The Balaban J connectivity index is 2.03. The van der Waals surface area contributed by atoms with E-state index < -0.39 is 0 Å². The van der Waals surface area contributed by atoms with E-state index in [1.54, 1.807) is 18.3 Å². The Morgan fingerprint density at radius 2 is 2.41 bits per heavy atom. The molecule has 0 spiro atoms. The van der Waals surface area contributed by atoms with Crippen LogP contribution in [0.15, 0.2) is 24.4 Å². The van der Waals surface area contributed by atoms with Crippen molar-refractivity contribution in [2.75, 3.05) is 6.54 Å². The van der Waals surface area contributed by atoms with Gasteiger partial charge in [-0.1, -0.05) is 6.07 Å². The number of rotatable bonds is 4. The molecule has 2 aromatic rings. The molecule has 0 aliphatic carbocycles. The van der Waals surface area contributed by atoms with Gasteiger partial charge in [0.2, 0.25) is 0 Å². The number of fused-ring (bicyclic) bond motifs is 1. The Bertz CT molecular complexity index is 518. The molecule has 1 heterocycles. The lowest BCUT2D eigenvalue weighted by Gasteiger charge is -2.07. The van der Waals surface area contributed by atoms with E-state index in [1.807, 2.05) is 13.0 Å². The molecule has 1 unspecified atom stereocenters. The lowest BCUT2D eigenvalue weighted by atomic mass is 10.1. The molecule has 4 N–H and O–H groups in total. The molecule has 5 nitrogen and oxygen atoms in total. The van der Waals surface area contributed by atoms with Crippen LogP contribution in [-0.4, -0.2) is 28.7 Å². The lowest BCUT2D eigenvalue weighted by molar-refractivity contribution is 0.0953. The van der Waals surface area contributed by atoms with E-state index in [1.165, 1.54) is 0 Å². The van der Waals surface area contributed by atoms with Crippen molar-refractivity contribution >= 4 is 16.8 Å². The van der Waals surface area contributed by atoms with Crippen molar-refractivity contribution in [2.24, 2.45) is 5.73 Å². The summed E-state index contributed by atoms with van der Waals surface area (Å²) in [5, 5.41) is 10.6. The van der Waals surface area contributed by atoms with Gasteiger partial charge in [-0.15, -0.1) is 0 Å². The second kappa shape index (κ2) is 4.97. The summed E-state index contributed by atoms with van der Waals surface area (Å²) in [6.45, 7) is 2.51. The molecule has 0 aliphatic rings. The Kier molecular flexibility index (Phi) is 3.39. The summed E-state index contributed by atoms with van der Waals surface area (Å²) in [5.41, 5.74) is 7.11. The Labute approximate surface area is 99.4 Å². The number of aromatic nitrogens is 2. The second-order valence-corrected chi connectivity index (χ2v) is 4.19. The number of benzene rings is 1. The Hall–Kier alpha value is -1.88. The smallest absolute Gasteiger partial charge is 0.251 e. The van der Waals surface area contributed by atoms with E-state index >= 15 is 0 Å². The number of nitrogens with zero attached hydrogens (tertiary/aromatic N) is 1. The van der Waals surface area contributed by atoms with Crippen LogP contribution >= 0.6 is 0 Å². The van der Waals surface area contributed by atoms with Crippen LogP contribution in [0.3, 0.4) is 0 Å². The largest absolute Gasteiger partial charge is 0.352 e. The van der Waals surface area contributed by atoms with E-state index in [-0.39, 0.29) is 11.9 Å². The predicted octanol–water partition coefficient (Wildman–Crippen LogP) is 1.03. The van der Waals surface area contributed by atoms with Crippen LogP contribution in [0.5, 0.6) is 0 Å². The SMILES string of the molecule is CC(N)CCNC(=O)c1ccc2cn[nH]c2c1. The van der Waals surface area contributed by atoms with Gasteiger partial charge < -0.3 is 11.1 Å². The van der Waals surface area contributed by atoms with Gasteiger partial charge in [0.05, 0.1) is 11.7 Å². The van der Waals surface area contributed by atoms with Gasteiger partial charge in [0.1, 0.15) is 0 Å². The number of hydrogen-bond donors (Lipinski definition) is 3. The summed E-state index contributed by atoms with van der Waals surface area (Å²) in [4.78, 5) is 11.8. The van der Waals surface area contributed by atoms with Gasteiger partial charge in [-0.05, 0) is 25.5 Å². The number of amides is 1. The van der Waals surface area contributed by atoms with Gasteiger partial charge in [-0.3, -0.25) is 9.89 Å². The number of carbonyl (C=O) groups is 1. The molecule has 1 amide bonds. The Morgan fingerprint density at radius 3 is 3.18 bits per heavy atom. The van der Waals surface area contributed by atoms with Gasteiger partial charge in [0.25, 0.3) is 5.91 Å². The minimum absolute atomic E-state index is 0.0813. The van der Waals surface area contributed by atoms with Crippen molar-refractivity contribution in [3.8, 4) is 0 Å². The molecule has 0 saturated heterocycles. The van der Waals surface area contributed by atoms with E-state index in [0.29, 0.717) is 12.1 Å². The van der Waals surface area contributed by atoms with Crippen molar-refractivity contribution in [2.45, 2.75) is 19.4 Å². The third kappa shape index (κ3) is 2.82. The van der Waals surface area contributed by atoms with Crippen molar-refractivity contribution in [1.82, 2.24) is 15.5 Å². The minimum atomic E-state index is -0.0813. The summed E-state index contributed by atoms with van der Waals surface area (Å²) in [6.07, 6.45) is 2.51. The molecule has 0 aliphatic heterocycles. The highest BCUT2D eigenvalue weighted by atomic mass is 16.1. The average Bonchev–Trinajstić information content (AvgIpc) is 2.75. The zero-order valence-electron chi connectivity index (χ0n) is 9.73. The van der Waals surface area contributed by atoms with Gasteiger partial charge >= 0.3 is 0 Å². The van der Waals surface area contributed by atoms with Gasteiger partial charge in [-0.2, -0.15) is 5.10 Å². The summed E-state index contributed by atoms with van der Waals surface area (Å²) in [5.74, 6) is -0.0813. The molecule has 17 heavy (non-hydrogen) atoms. The molecular weight excluding hydrogens is 216 g/mol. The lowest BCUT2D eigenvalue weighted by Crippen LogP contribution is -2.28. The maximum Gasteiger partial charge on any atom is 0.251 e. The van der Waals surface area contributed by atoms with Crippen molar-refractivity contribution < 1.29 is 4.79 Å². The summed E-state index contributed by atoms with van der Waals surface area (Å²) in [7, 11) is 0. The molecule has 1 aromatic carbocycles. The highest BCUT2D eigenvalue weighted by Crippen LogP contribution is 2.12. The van der Waals surface area contributed by atoms with Gasteiger partial charge in [-0.25, -0.2) is 0 Å². The first-order valence-corrected chi connectivity index (χ1v) is 5.64. The highest BCUT2D eigenvalue weighted by Gasteiger charge is 2.06. The standard InChI is InChI=1S/C12H16N4O/c1-8(13)4-5-14-12(17)9-2-3-10-7-15-16-11(10)6-9/h2-3,6-8H,4-5,13H2,1H3,(H,14,17)(H,15,16). The van der Waals surface area contributed by atoms with Gasteiger partial charge in [0, 0.05) is 23.5 Å². The third-order valence-corrected chi connectivity index (χ3v) is 2.59. The number of H-pyrrole nitrogens is 1. The molecule has 5 heteroatoms. The molecule has 0 saturated carbocycles.